The molecule has 0 aliphatic carbocycles. The van der Waals surface area contributed by atoms with Crippen molar-refractivity contribution in [1.29, 1.82) is 0 Å². The average Bonchev–Trinajstić information content (AvgIpc) is 3.27. The quantitative estimate of drug-likeness (QED) is 0.290. The van der Waals surface area contributed by atoms with E-state index in [2.05, 4.69) is 27.0 Å². The number of nitrogens with two attached hydrogens (primary N) is 1. The van der Waals surface area contributed by atoms with Gasteiger partial charge in [0.1, 0.15) is 5.52 Å². The van der Waals surface area contributed by atoms with Gasteiger partial charge in [0, 0.05) is 24.2 Å². The van der Waals surface area contributed by atoms with Crippen LogP contribution in [0.25, 0.3) is 22.4 Å². The first kappa shape index (κ1) is 33.6. The van der Waals surface area contributed by atoms with Gasteiger partial charge in [-0.25, -0.2) is 19.6 Å². The summed E-state index contributed by atoms with van der Waals surface area (Å²) in [5, 5.41) is 22.5. The van der Waals surface area contributed by atoms with Gasteiger partial charge in [-0.3, -0.25) is 5.10 Å². The van der Waals surface area contributed by atoms with Crippen molar-refractivity contribution in [2.75, 3.05) is 25.1 Å². The first-order valence-electron chi connectivity index (χ1n) is 11.2. The molecule has 0 bridgehead atoms. The highest BCUT2D eigenvalue weighted by Gasteiger charge is 2.39. The van der Waals surface area contributed by atoms with E-state index in [0.717, 1.165) is 25.9 Å². The zero-order chi connectivity index (χ0) is 31.3. The minimum Gasteiger partial charge on any atom is -0.478 e. The molecule has 2 aromatic heterocycles. The third-order valence-electron chi connectivity index (χ3n) is 5.44. The Bertz CT molecular complexity index is 1370. The van der Waals surface area contributed by atoms with E-state index in [1.165, 1.54) is 0 Å². The van der Waals surface area contributed by atoms with Crippen LogP contribution < -0.4 is 15.4 Å². The van der Waals surface area contributed by atoms with E-state index < -0.39 is 24.3 Å². The van der Waals surface area contributed by atoms with Gasteiger partial charge in [-0.15, -0.1) is 0 Å². The molecule has 3 heterocycles. The Hall–Kier alpha value is -3.57. The standard InChI is InChI=1S/C18H20Cl2N6O.2C2HF3O2/c1-18(21)6-8-26(9-7-18)16-17(27-2)22-14-13(24-25-15(14)23-16)10-4-3-5-11(19)12(10)20;2*3-2(4,5)1(6)7/h3-5H,6-9,21H2,1-2H3,(H,23,24,25);2*(H,6,7). The van der Waals surface area contributed by atoms with Gasteiger partial charge in [-0.2, -0.15) is 31.4 Å². The lowest BCUT2D eigenvalue weighted by molar-refractivity contribution is -0.193. The number of halogens is 8. The number of nitrogens with zero attached hydrogens (tertiary/aromatic N) is 4. The summed E-state index contributed by atoms with van der Waals surface area (Å²) in [6, 6.07) is 5.42. The molecule has 226 valence electrons. The van der Waals surface area contributed by atoms with Crippen LogP contribution in [0, 0.1) is 0 Å². The van der Waals surface area contributed by atoms with Crippen molar-refractivity contribution in [2.24, 2.45) is 5.73 Å². The van der Waals surface area contributed by atoms with Crippen molar-refractivity contribution in [3.05, 3.63) is 28.2 Å². The summed E-state index contributed by atoms with van der Waals surface area (Å²) in [7, 11) is 1.59. The summed E-state index contributed by atoms with van der Waals surface area (Å²) in [6.07, 6.45) is -8.42. The highest BCUT2D eigenvalue weighted by atomic mass is 35.5. The van der Waals surface area contributed by atoms with E-state index >= 15 is 0 Å². The van der Waals surface area contributed by atoms with Crippen molar-refractivity contribution < 1.29 is 50.9 Å². The molecular weight excluding hydrogens is 613 g/mol. The molecule has 0 radical (unpaired) electrons. The summed E-state index contributed by atoms with van der Waals surface area (Å²) in [5.41, 5.74) is 8.54. The Labute approximate surface area is 237 Å². The maximum atomic E-state index is 10.6. The average molecular weight is 635 g/mol. The van der Waals surface area contributed by atoms with Crippen LogP contribution >= 0.6 is 23.2 Å². The molecule has 1 aromatic carbocycles. The predicted octanol–water partition coefficient (Wildman–Crippen LogP) is 4.92. The van der Waals surface area contributed by atoms with Gasteiger partial charge in [0.2, 0.25) is 5.65 Å². The van der Waals surface area contributed by atoms with Crippen LogP contribution in [0.1, 0.15) is 19.8 Å². The van der Waals surface area contributed by atoms with E-state index in [1.54, 1.807) is 13.2 Å². The summed E-state index contributed by atoms with van der Waals surface area (Å²) in [4.78, 5) is 29.3. The van der Waals surface area contributed by atoms with Crippen molar-refractivity contribution >= 4 is 52.1 Å². The number of hydrogen-bond acceptors (Lipinski definition) is 8. The number of anilines is 1. The highest BCUT2D eigenvalue weighted by molar-refractivity contribution is 6.43. The number of aromatic amines is 1. The SMILES string of the molecule is COc1nc2c(-c3cccc(Cl)c3Cl)[nH]nc2nc1N1CCC(C)(N)CC1.O=C(O)C(F)(F)F.O=C(O)C(F)(F)F. The Kier molecular flexibility index (Phi) is 10.6. The Morgan fingerprint density at radius 1 is 1.05 bits per heavy atom. The minimum absolute atomic E-state index is 0.149. The zero-order valence-electron chi connectivity index (χ0n) is 21.1. The summed E-state index contributed by atoms with van der Waals surface area (Å²) >= 11 is 12.5. The number of rotatable bonds is 3. The minimum atomic E-state index is -5.08. The molecule has 0 saturated carbocycles. The fraction of sp³-hybridized carbons (Fsp3) is 0.409. The molecule has 1 aliphatic heterocycles. The van der Waals surface area contributed by atoms with Crippen LogP contribution in [0.5, 0.6) is 5.88 Å². The lowest BCUT2D eigenvalue weighted by Crippen LogP contribution is -2.48. The smallest absolute Gasteiger partial charge is 0.478 e. The summed E-state index contributed by atoms with van der Waals surface area (Å²) < 4.78 is 69.0. The predicted molar refractivity (Wildman–Crippen MR) is 135 cm³/mol. The molecule has 1 aliphatic rings. The number of hydrogen-bond donors (Lipinski definition) is 4. The first-order valence-corrected chi connectivity index (χ1v) is 11.9. The number of ether oxygens (including phenoxy) is 1. The van der Waals surface area contributed by atoms with Gasteiger partial charge >= 0.3 is 24.3 Å². The van der Waals surface area contributed by atoms with E-state index in [1.807, 2.05) is 12.1 Å². The fourth-order valence-corrected chi connectivity index (χ4v) is 3.66. The van der Waals surface area contributed by atoms with Gasteiger partial charge in [0.05, 0.1) is 22.8 Å². The van der Waals surface area contributed by atoms with Crippen LogP contribution in [0.3, 0.4) is 0 Å². The van der Waals surface area contributed by atoms with Crippen LogP contribution in [0.4, 0.5) is 32.2 Å². The lowest BCUT2D eigenvalue weighted by Gasteiger charge is -2.37. The summed E-state index contributed by atoms with van der Waals surface area (Å²) in [5.74, 6) is -4.39. The molecule has 4 rings (SSSR count). The number of aliphatic carboxylic acids is 2. The van der Waals surface area contributed by atoms with E-state index in [4.69, 9.17) is 58.5 Å². The van der Waals surface area contributed by atoms with Crippen molar-refractivity contribution in [3.63, 3.8) is 0 Å². The second kappa shape index (κ2) is 12.9. The molecule has 1 fully saturated rings. The first-order chi connectivity index (χ1) is 18.8. The number of methoxy groups -OCH3 is 1. The van der Waals surface area contributed by atoms with E-state index in [0.29, 0.717) is 44.2 Å². The molecule has 41 heavy (non-hydrogen) atoms. The largest absolute Gasteiger partial charge is 0.490 e. The molecular formula is C22H22Cl2F6N6O5. The van der Waals surface area contributed by atoms with Crippen LogP contribution in [0.15, 0.2) is 18.2 Å². The maximum absolute atomic E-state index is 10.6. The van der Waals surface area contributed by atoms with Crippen molar-refractivity contribution in [2.45, 2.75) is 37.7 Å². The number of carboxylic acid groups (broad SMARTS) is 2. The van der Waals surface area contributed by atoms with Crippen LogP contribution in [-0.2, 0) is 9.59 Å². The molecule has 5 N–H and O–H groups in total. The number of carbonyl (C=O) groups is 2. The topological polar surface area (TPSA) is 168 Å². The van der Waals surface area contributed by atoms with E-state index in [-0.39, 0.29) is 5.54 Å². The number of carboxylic acids is 2. The van der Waals surface area contributed by atoms with Gasteiger partial charge in [-0.1, -0.05) is 35.3 Å². The zero-order valence-corrected chi connectivity index (χ0v) is 22.6. The molecule has 0 spiro atoms. The monoisotopic (exact) mass is 634 g/mol. The van der Waals surface area contributed by atoms with Crippen molar-refractivity contribution in [1.82, 2.24) is 20.2 Å². The van der Waals surface area contributed by atoms with Crippen LogP contribution in [-0.4, -0.2) is 80.4 Å². The van der Waals surface area contributed by atoms with Crippen molar-refractivity contribution in [3.8, 4) is 17.1 Å². The lowest BCUT2D eigenvalue weighted by atomic mass is 9.91. The molecule has 3 aromatic rings. The van der Waals surface area contributed by atoms with Gasteiger partial charge in [0.25, 0.3) is 5.88 Å². The number of aromatic nitrogens is 4. The highest BCUT2D eigenvalue weighted by Crippen LogP contribution is 2.37. The summed E-state index contributed by atoms with van der Waals surface area (Å²) in [6.45, 7) is 3.66. The molecule has 0 atom stereocenters. The second-order valence-corrected chi connectivity index (χ2v) is 9.46. The Morgan fingerprint density at radius 3 is 2.02 bits per heavy atom. The third kappa shape index (κ3) is 8.96. The van der Waals surface area contributed by atoms with Gasteiger partial charge in [-0.05, 0) is 25.8 Å². The molecule has 0 amide bonds. The number of alkyl halides is 6. The molecule has 1 saturated heterocycles. The Morgan fingerprint density at radius 2 is 1.56 bits per heavy atom. The van der Waals surface area contributed by atoms with Gasteiger partial charge < -0.3 is 25.6 Å². The van der Waals surface area contributed by atoms with E-state index in [9.17, 15) is 26.3 Å². The fourth-order valence-electron chi connectivity index (χ4n) is 3.27. The van der Waals surface area contributed by atoms with Crippen LogP contribution in [0.2, 0.25) is 10.0 Å². The molecule has 0 unspecified atom stereocenters. The number of fused-ring (bicyclic) bond motifs is 1. The number of H-pyrrole nitrogens is 1. The normalized spacial score (nSPS) is 14.9. The number of nitrogens with one attached hydrogen (secondary N) is 1. The third-order valence-corrected chi connectivity index (χ3v) is 6.26. The number of piperidine rings is 1. The Balaban J connectivity index is 0.000000349. The number of benzene rings is 1. The van der Waals surface area contributed by atoms with Gasteiger partial charge in [0.15, 0.2) is 5.82 Å². The molecule has 19 heteroatoms. The second-order valence-electron chi connectivity index (χ2n) is 8.68. The molecule has 11 nitrogen and oxygen atoms in total. The maximum Gasteiger partial charge on any atom is 0.490 e.